The van der Waals surface area contributed by atoms with Crippen molar-refractivity contribution in [3.05, 3.63) is 54.2 Å². The number of aryl methyl sites for hydroxylation is 1. The van der Waals surface area contributed by atoms with Crippen LogP contribution in [0.1, 0.15) is 59.4 Å². The molecule has 2 aromatic heterocycles. The minimum Gasteiger partial charge on any atom is -0.491 e. The van der Waals surface area contributed by atoms with Gasteiger partial charge in [0.25, 0.3) is 0 Å². The van der Waals surface area contributed by atoms with E-state index in [2.05, 4.69) is 27.9 Å². The lowest BCUT2D eigenvalue weighted by atomic mass is 9.99. The number of pyridine rings is 1. The van der Waals surface area contributed by atoms with Gasteiger partial charge in [0, 0.05) is 30.1 Å². The first-order chi connectivity index (χ1) is 22.9. The molecule has 5 rings (SSSR count). The molecule has 2 aromatic carbocycles. The molecule has 2 heterocycles. The van der Waals surface area contributed by atoms with Crippen LogP contribution in [0, 0.1) is 18.8 Å². The van der Waals surface area contributed by atoms with Gasteiger partial charge in [0.15, 0.2) is 9.84 Å². The van der Waals surface area contributed by atoms with Gasteiger partial charge in [-0.05, 0) is 91.6 Å². The Kier molecular flexibility index (Phi) is 12.0. The molecular formula is C36H50N3O7PS. The molecule has 0 bridgehead atoms. The monoisotopic (exact) mass is 699 g/mol. The number of benzene rings is 2. The maximum Gasteiger partial charge on any atom is 0.474 e. The Morgan fingerprint density at radius 3 is 2.38 bits per heavy atom. The number of aromatic amines is 1. The van der Waals surface area contributed by atoms with Gasteiger partial charge in [-0.1, -0.05) is 46.8 Å². The van der Waals surface area contributed by atoms with E-state index >= 15 is 0 Å². The molecule has 262 valence electrons. The molecule has 0 spiro atoms. The predicted molar refractivity (Wildman–Crippen MR) is 191 cm³/mol. The maximum absolute atomic E-state index is 13.2. The van der Waals surface area contributed by atoms with Crippen molar-refractivity contribution in [1.29, 1.82) is 0 Å². The summed E-state index contributed by atoms with van der Waals surface area (Å²) < 4.78 is 62.5. The third kappa shape index (κ3) is 9.05. The number of hydrogen-bond acceptors (Lipinski definition) is 9. The number of sulfone groups is 1. The largest absolute Gasteiger partial charge is 0.491 e. The van der Waals surface area contributed by atoms with Gasteiger partial charge >= 0.3 is 7.82 Å². The van der Waals surface area contributed by atoms with Crippen molar-refractivity contribution < 1.29 is 31.3 Å². The highest BCUT2D eigenvalue weighted by Gasteiger charge is 2.37. The number of aromatic nitrogens is 2. The van der Waals surface area contributed by atoms with Crippen molar-refractivity contribution in [3.63, 3.8) is 0 Å². The molecule has 0 saturated heterocycles. The van der Waals surface area contributed by atoms with E-state index in [-0.39, 0.29) is 23.7 Å². The Balaban J connectivity index is 1.26. The number of phosphoric acid groups is 1. The fourth-order valence-electron chi connectivity index (χ4n) is 5.51. The van der Waals surface area contributed by atoms with Crippen molar-refractivity contribution in [1.82, 2.24) is 14.9 Å². The molecule has 0 amide bonds. The van der Waals surface area contributed by atoms with Gasteiger partial charge in [-0.25, -0.2) is 18.0 Å². The fourth-order valence-corrected chi connectivity index (χ4v) is 8.70. The summed E-state index contributed by atoms with van der Waals surface area (Å²) in [4.78, 5) is 10.7. The van der Waals surface area contributed by atoms with Crippen LogP contribution in [0.15, 0.2) is 53.6 Å². The van der Waals surface area contributed by atoms with E-state index in [9.17, 15) is 13.0 Å². The number of rotatable bonds is 19. The quantitative estimate of drug-likeness (QED) is 0.0763. The van der Waals surface area contributed by atoms with E-state index < -0.39 is 17.7 Å². The number of hydrogen-bond donors (Lipinski definition) is 1. The van der Waals surface area contributed by atoms with Gasteiger partial charge < -0.3 is 14.6 Å². The molecule has 4 aromatic rings. The summed E-state index contributed by atoms with van der Waals surface area (Å²) in [5.41, 5.74) is 4.37. The highest BCUT2D eigenvalue weighted by molar-refractivity contribution is 7.92. The molecule has 0 unspecified atom stereocenters. The van der Waals surface area contributed by atoms with Crippen LogP contribution < -0.4 is 4.74 Å². The summed E-state index contributed by atoms with van der Waals surface area (Å²) in [5.74, 6) is 1.13. The number of nitrogens with zero attached hydrogens (tertiary/aromatic N) is 2. The SMILES string of the molecule is CCN(CCCOc1ccc(-c2cccc(S(=O)(=O)C3CC3)c2)c2c1[nH]c1ncc(C)cc12)CCOP(=O)(OCC(C)C)OCC(C)C. The summed E-state index contributed by atoms with van der Waals surface area (Å²) in [7, 11) is -6.96. The van der Waals surface area contributed by atoms with Gasteiger partial charge in [-0.2, -0.15) is 0 Å². The van der Waals surface area contributed by atoms with E-state index in [1.54, 1.807) is 12.1 Å². The molecule has 0 aliphatic heterocycles. The Morgan fingerprint density at radius 2 is 1.71 bits per heavy atom. The molecular weight excluding hydrogens is 649 g/mol. The molecule has 1 N–H and O–H groups in total. The first kappa shape index (κ1) is 36.5. The zero-order chi connectivity index (χ0) is 34.5. The topological polar surface area (TPSA) is 120 Å². The Labute approximate surface area is 285 Å². The predicted octanol–water partition coefficient (Wildman–Crippen LogP) is 8.19. The molecule has 0 atom stereocenters. The van der Waals surface area contributed by atoms with Gasteiger partial charge in [0.2, 0.25) is 0 Å². The second-order valence-electron chi connectivity index (χ2n) is 13.5. The lowest BCUT2D eigenvalue weighted by molar-refractivity contribution is 0.0868. The average molecular weight is 700 g/mol. The van der Waals surface area contributed by atoms with Crippen LogP contribution >= 0.6 is 7.82 Å². The summed E-state index contributed by atoms with van der Waals surface area (Å²) in [6.45, 7) is 15.5. The van der Waals surface area contributed by atoms with Crippen LogP contribution in [0.2, 0.25) is 0 Å². The van der Waals surface area contributed by atoms with Gasteiger partial charge in [-0.3, -0.25) is 13.6 Å². The van der Waals surface area contributed by atoms with Gasteiger partial charge in [0.05, 0.1) is 42.1 Å². The Bertz CT molecular complexity index is 1840. The molecule has 1 fully saturated rings. The van der Waals surface area contributed by atoms with Crippen molar-refractivity contribution in [2.45, 2.75) is 71.0 Å². The molecule has 1 aliphatic carbocycles. The number of ether oxygens (including phenoxy) is 1. The number of H-pyrrole nitrogens is 1. The smallest absolute Gasteiger partial charge is 0.474 e. The first-order valence-corrected chi connectivity index (χ1v) is 20.0. The number of phosphoric ester groups is 1. The van der Waals surface area contributed by atoms with Crippen molar-refractivity contribution >= 4 is 39.6 Å². The second-order valence-corrected chi connectivity index (χ2v) is 17.4. The Morgan fingerprint density at radius 1 is 0.979 bits per heavy atom. The van der Waals surface area contributed by atoms with Crippen LogP contribution in [0.25, 0.3) is 33.1 Å². The third-order valence-electron chi connectivity index (χ3n) is 8.25. The van der Waals surface area contributed by atoms with Gasteiger partial charge in [0.1, 0.15) is 11.4 Å². The van der Waals surface area contributed by atoms with Crippen molar-refractivity contribution in [3.8, 4) is 16.9 Å². The molecule has 0 radical (unpaired) electrons. The Hall–Kier alpha value is -2.79. The fraction of sp³-hybridized carbons (Fsp3) is 0.528. The second kappa shape index (κ2) is 15.8. The van der Waals surface area contributed by atoms with Crippen molar-refractivity contribution in [2.75, 3.05) is 46.1 Å². The summed E-state index contributed by atoms with van der Waals surface area (Å²) in [6.07, 6.45) is 4.04. The lowest BCUT2D eigenvalue weighted by Gasteiger charge is -2.23. The summed E-state index contributed by atoms with van der Waals surface area (Å²) in [5, 5.41) is 1.65. The zero-order valence-corrected chi connectivity index (χ0v) is 30.7. The van der Waals surface area contributed by atoms with E-state index in [1.807, 2.05) is 65.1 Å². The number of nitrogens with one attached hydrogen (secondary N) is 1. The average Bonchev–Trinajstić information content (AvgIpc) is 3.86. The molecule has 1 aliphatic rings. The molecule has 10 nitrogen and oxygen atoms in total. The minimum atomic E-state index is -3.63. The molecule has 12 heteroatoms. The van der Waals surface area contributed by atoms with E-state index in [1.165, 1.54) is 0 Å². The lowest BCUT2D eigenvalue weighted by Crippen LogP contribution is -2.29. The molecule has 1 saturated carbocycles. The van der Waals surface area contributed by atoms with E-state index in [0.717, 1.165) is 71.0 Å². The van der Waals surface area contributed by atoms with Crippen molar-refractivity contribution in [2.24, 2.45) is 11.8 Å². The molecule has 48 heavy (non-hydrogen) atoms. The van der Waals surface area contributed by atoms with Crippen LogP contribution in [0.3, 0.4) is 0 Å². The van der Waals surface area contributed by atoms with E-state index in [0.29, 0.717) is 37.0 Å². The third-order valence-corrected chi connectivity index (χ3v) is 11.9. The standard InChI is InChI=1S/C36H50N3O7PS/c1-7-39(17-19-44-47(40,45-23-25(2)3)46-24-26(4)5)16-9-18-43-33-15-14-31(34-32-20-27(6)22-37-36(32)38-35(33)34)28-10-8-11-30(21-28)48(41,42)29-12-13-29/h8,10-11,14-15,20-22,25-26,29H,7,9,12-13,16-19,23-24H2,1-6H3,(H,37,38). The maximum atomic E-state index is 13.2. The van der Waals surface area contributed by atoms with Crippen LogP contribution in [0.4, 0.5) is 0 Å². The normalized spacial score (nSPS) is 14.3. The minimum absolute atomic E-state index is 0.209. The number of fused-ring (bicyclic) bond motifs is 3. The number of likely N-dealkylation sites (N-methyl/N-ethyl adjacent to an activating group) is 1. The summed E-state index contributed by atoms with van der Waals surface area (Å²) in [6, 6.07) is 13.3. The highest BCUT2D eigenvalue weighted by atomic mass is 32.2. The zero-order valence-electron chi connectivity index (χ0n) is 29.0. The van der Waals surface area contributed by atoms with Crippen LogP contribution in [-0.4, -0.2) is 74.6 Å². The first-order valence-electron chi connectivity index (χ1n) is 17.0. The van der Waals surface area contributed by atoms with Crippen LogP contribution in [-0.2, 0) is 28.0 Å². The van der Waals surface area contributed by atoms with E-state index in [4.69, 9.17) is 18.3 Å². The van der Waals surface area contributed by atoms with Gasteiger partial charge in [-0.15, -0.1) is 0 Å². The summed E-state index contributed by atoms with van der Waals surface area (Å²) >= 11 is 0. The van der Waals surface area contributed by atoms with Crippen LogP contribution in [0.5, 0.6) is 5.75 Å². The highest BCUT2D eigenvalue weighted by Crippen LogP contribution is 2.50.